The summed E-state index contributed by atoms with van der Waals surface area (Å²) >= 11 is 0. The average Bonchev–Trinajstić information content (AvgIpc) is 2.35. The van der Waals surface area contributed by atoms with Crippen molar-refractivity contribution in [2.24, 2.45) is 0 Å². The van der Waals surface area contributed by atoms with Crippen LogP contribution in [0.3, 0.4) is 0 Å². The molecule has 0 fully saturated rings. The van der Waals surface area contributed by atoms with Crippen LogP contribution in [-0.4, -0.2) is 26.9 Å². The van der Waals surface area contributed by atoms with E-state index in [0.717, 1.165) is 5.56 Å². The van der Waals surface area contributed by atoms with E-state index in [0.29, 0.717) is 6.54 Å². The zero-order chi connectivity index (χ0) is 13.8. The monoisotopic (exact) mass is 255 g/mol. The molecule has 0 unspecified atom stereocenters. The number of halogens is 1. The highest BCUT2D eigenvalue weighted by Crippen LogP contribution is 2.27. The number of hydrogen-bond acceptors (Lipinski definition) is 3. The predicted molar refractivity (Wildman–Crippen MR) is 66.4 cm³/mol. The van der Waals surface area contributed by atoms with Gasteiger partial charge < -0.3 is 14.8 Å². The highest BCUT2D eigenvalue weighted by Gasteiger charge is 2.23. The van der Waals surface area contributed by atoms with E-state index in [-0.39, 0.29) is 5.75 Å². The molecule has 1 aromatic rings. The smallest absolute Gasteiger partial charge is 0.406 e. The summed E-state index contributed by atoms with van der Waals surface area (Å²) in [5.41, 5.74) is 0.374. The maximum atomic E-state index is 13.6. The van der Waals surface area contributed by atoms with Gasteiger partial charge in [0.25, 0.3) is 0 Å². The van der Waals surface area contributed by atoms with Crippen LogP contribution in [0.5, 0.6) is 5.75 Å². The van der Waals surface area contributed by atoms with E-state index in [1.165, 1.54) is 20.3 Å². The third-order valence-electron chi connectivity index (χ3n) is 2.79. The first kappa shape index (κ1) is 14.3. The van der Waals surface area contributed by atoms with Crippen LogP contribution in [0.2, 0.25) is 0 Å². The fourth-order valence-corrected chi connectivity index (χ4v) is 1.55. The molecule has 4 nitrogen and oxygen atoms in total. The Morgan fingerprint density at radius 2 is 2.06 bits per heavy atom. The number of rotatable bonds is 4. The molecule has 0 atom stereocenters. The third kappa shape index (κ3) is 3.35. The molecule has 0 aliphatic heterocycles. The van der Waals surface area contributed by atoms with Gasteiger partial charge in [-0.25, -0.2) is 9.18 Å². The Labute approximate surface area is 106 Å². The van der Waals surface area contributed by atoms with Crippen molar-refractivity contribution in [2.45, 2.75) is 19.3 Å². The zero-order valence-electron chi connectivity index (χ0n) is 11.0. The van der Waals surface area contributed by atoms with Gasteiger partial charge in [0.1, 0.15) is 0 Å². The summed E-state index contributed by atoms with van der Waals surface area (Å²) in [4.78, 5) is 11.0. The lowest BCUT2D eigenvalue weighted by molar-refractivity contribution is 0.168. The highest BCUT2D eigenvalue weighted by atomic mass is 19.1. The first-order chi connectivity index (χ1) is 8.40. The van der Waals surface area contributed by atoms with Crippen molar-refractivity contribution in [2.75, 3.05) is 20.8 Å². The van der Waals surface area contributed by atoms with Gasteiger partial charge in [-0.3, -0.25) is 0 Å². The molecule has 0 aromatic heterocycles. The molecule has 1 N–H and O–H groups in total. The molecule has 100 valence electrons. The number of alkyl carbamates (subject to hydrolysis) is 1. The van der Waals surface area contributed by atoms with Crippen molar-refractivity contribution < 1.29 is 18.7 Å². The van der Waals surface area contributed by atoms with Crippen LogP contribution < -0.4 is 10.1 Å². The molecule has 0 spiro atoms. The molecular formula is C13H18FNO3. The molecule has 0 heterocycles. The summed E-state index contributed by atoms with van der Waals surface area (Å²) in [6, 6.07) is 4.77. The van der Waals surface area contributed by atoms with Crippen LogP contribution in [0.25, 0.3) is 0 Å². The normalized spacial score (nSPS) is 10.9. The lowest BCUT2D eigenvalue weighted by Crippen LogP contribution is -2.36. The van der Waals surface area contributed by atoms with E-state index < -0.39 is 17.3 Å². The minimum atomic E-state index is -0.503. The lowest BCUT2D eigenvalue weighted by Gasteiger charge is -2.25. The Kier molecular flexibility index (Phi) is 4.53. The quantitative estimate of drug-likeness (QED) is 0.899. The molecule has 5 heteroatoms. The Morgan fingerprint density at radius 3 is 2.56 bits per heavy atom. The van der Waals surface area contributed by atoms with Crippen molar-refractivity contribution in [1.82, 2.24) is 5.32 Å². The summed E-state index contributed by atoms with van der Waals surface area (Å²) in [5.74, 6) is -0.211. The Balaban J connectivity index is 2.84. The second kappa shape index (κ2) is 5.71. The van der Waals surface area contributed by atoms with Gasteiger partial charge in [-0.1, -0.05) is 19.9 Å². The third-order valence-corrected chi connectivity index (χ3v) is 2.79. The SMILES string of the molecule is COC(=O)NCC(C)(C)c1ccc(OC)c(F)c1. The molecule has 0 saturated heterocycles. The van der Waals surface area contributed by atoms with Crippen LogP contribution in [0.4, 0.5) is 9.18 Å². The van der Waals surface area contributed by atoms with Gasteiger partial charge in [-0.2, -0.15) is 0 Å². The molecular weight excluding hydrogens is 237 g/mol. The molecule has 0 saturated carbocycles. The van der Waals surface area contributed by atoms with Gasteiger partial charge in [-0.05, 0) is 17.7 Å². The van der Waals surface area contributed by atoms with Gasteiger partial charge in [0.2, 0.25) is 0 Å². The van der Waals surface area contributed by atoms with E-state index in [1.807, 2.05) is 13.8 Å². The van der Waals surface area contributed by atoms with Crippen molar-refractivity contribution >= 4 is 6.09 Å². The first-order valence-corrected chi connectivity index (χ1v) is 5.56. The van der Waals surface area contributed by atoms with Crippen molar-refractivity contribution in [1.29, 1.82) is 0 Å². The molecule has 1 aromatic carbocycles. The maximum Gasteiger partial charge on any atom is 0.406 e. The fourth-order valence-electron chi connectivity index (χ4n) is 1.55. The van der Waals surface area contributed by atoms with Crippen LogP contribution in [0.1, 0.15) is 19.4 Å². The molecule has 0 aliphatic rings. The number of benzene rings is 1. The van der Waals surface area contributed by atoms with Gasteiger partial charge in [0.15, 0.2) is 11.6 Å². The van der Waals surface area contributed by atoms with Gasteiger partial charge in [0, 0.05) is 12.0 Å². The number of carbonyl (C=O) groups is 1. The average molecular weight is 255 g/mol. The minimum Gasteiger partial charge on any atom is -0.494 e. The van der Waals surface area contributed by atoms with Crippen LogP contribution >= 0.6 is 0 Å². The summed E-state index contributed by atoms with van der Waals surface area (Å²) in [6.07, 6.45) is -0.503. The second-order valence-corrected chi connectivity index (χ2v) is 4.58. The Hall–Kier alpha value is -1.78. The Morgan fingerprint density at radius 1 is 1.39 bits per heavy atom. The first-order valence-electron chi connectivity index (χ1n) is 5.56. The van der Waals surface area contributed by atoms with Crippen molar-refractivity contribution in [3.8, 4) is 5.75 Å². The lowest BCUT2D eigenvalue weighted by atomic mass is 9.84. The highest BCUT2D eigenvalue weighted by molar-refractivity contribution is 5.67. The number of hydrogen-bond donors (Lipinski definition) is 1. The molecule has 0 radical (unpaired) electrons. The summed E-state index contributed by atoms with van der Waals surface area (Å²) in [6.45, 7) is 4.17. The number of ether oxygens (including phenoxy) is 2. The van der Waals surface area contributed by atoms with Crippen molar-refractivity contribution in [3.05, 3.63) is 29.6 Å². The van der Waals surface area contributed by atoms with Crippen LogP contribution in [-0.2, 0) is 10.2 Å². The van der Waals surface area contributed by atoms with Crippen molar-refractivity contribution in [3.63, 3.8) is 0 Å². The molecule has 0 bridgehead atoms. The number of methoxy groups -OCH3 is 2. The minimum absolute atomic E-state index is 0.204. The van der Waals surface area contributed by atoms with E-state index in [1.54, 1.807) is 12.1 Å². The zero-order valence-corrected chi connectivity index (χ0v) is 11.0. The second-order valence-electron chi connectivity index (χ2n) is 4.58. The van der Waals surface area contributed by atoms with E-state index >= 15 is 0 Å². The standard InChI is InChI=1S/C13H18FNO3/c1-13(2,8-15-12(16)18-4)9-5-6-11(17-3)10(14)7-9/h5-7H,8H2,1-4H3,(H,15,16). The Bertz CT molecular complexity index is 432. The van der Waals surface area contributed by atoms with Gasteiger partial charge in [-0.15, -0.1) is 0 Å². The van der Waals surface area contributed by atoms with Crippen LogP contribution in [0.15, 0.2) is 18.2 Å². The van der Waals surface area contributed by atoms with Gasteiger partial charge in [0.05, 0.1) is 14.2 Å². The molecule has 1 rings (SSSR count). The van der Waals surface area contributed by atoms with Gasteiger partial charge >= 0.3 is 6.09 Å². The summed E-state index contributed by atoms with van der Waals surface area (Å²) in [5, 5.41) is 2.60. The fraction of sp³-hybridized carbons (Fsp3) is 0.462. The van der Waals surface area contributed by atoms with E-state index in [2.05, 4.69) is 10.1 Å². The number of nitrogens with one attached hydrogen (secondary N) is 1. The largest absolute Gasteiger partial charge is 0.494 e. The predicted octanol–water partition coefficient (Wildman–Crippen LogP) is 2.47. The molecule has 1 amide bonds. The number of amides is 1. The van der Waals surface area contributed by atoms with E-state index in [9.17, 15) is 9.18 Å². The summed E-state index contributed by atoms with van der Waals surface area (Å²) < 4.78 is 23.0. The summed E-state index contributed by atoms with van der Waals surface area (Å²) in [7, 11) is 2.72. The van der Waals surface area contributed by atoms with E-state index in [4.69, 9.17) is 4.74 Å². The molecule has 18 heavy (non-hydrogen) atoms. The maximum absolute atomic E-state index is 13.6. The number of carbonyl (C=O) groups excluding carboxylic acids is 1. The molecule has 0 aliphatic carbocycles. The van der Waals surface area contributed by atoms with Crippen LogP contribution in [0, 0.1) is 5.82 Å². The topological polar surface area (TPSA) is 47.6 Å².